The normalized spacial score (nSPS) is 13.2. The zero-order valence-electron chi connectivity index (χ0n) is 18.4. The van der Waals surface area contributed by atoms with Crippen molar-refractivity contribution >= 4 is 23.8 Å². The van der Waals surface area contributed by atoms with Gasteiger partial charge in [-0.3, -0.25) is 4.68 Å². The number of ether oxygens (including phenoxy) is 1. The number of hydrogen-bond donors (Lipinski definition) is 2. The molecule has 0 saturated heterocycles. The van der Waals surface area contributed by atoms with Crippen LogP contribution in [0.4, 0.5) is 4.79 Å². The summed E-state index contributed by atoms with van der Waals surface area (Å²) in [4.78, 5) is 24.0. The summed E-state index contributed by atoms with van der Waals surface area (Å²) in [5.74, 6) is 0.370. The van der Waals surface area contributed by atoms with Gasteiger partial charge in [-0.15, -0.1) is 0 Å². The van der Waals surface area contributed by atoms with E-state index in [4.69, 9.17) is 4.74 Å². The van der Waals surface area contributed by atoms with Crippen molar-refractivity contribution in [3.8, 4) is 11.1 Å². The molecule has 1 unspecified atom stereocenters. The van der Waals surface area contributed by atoms with Crippen LogP contribution < -0.4 is 5.32 Å². The summed E-state index contributed by atoms with van der Waals surface area (Å²) in [6, 6.07) is 15.2. The van der Waals surface area contributed by atoms with E-state index in [9.17, 15) is 14.7 Å². The number of carboxylic acid groups (broad SMARTS) is 1. The maximum absolute atomic E-state index is 12.4. The molecular weight excluding hydrogens is 438 g/mol. The third-order valence-electron chi connectivity index (χ3n) is 5.78. The van der Waals surface area contributed by atoms with Gasteiger partial charge in [0.25, 0.3) is 0 Å². The van der Waals surface area contributed by atoms with Gasteiger partial charge >= 0.3 is 12.1 Å². The van der Waals surface area contributed by atoms with Crippen LogP contribution in [0.3, 0.4) is 0 Å². The molecule has 1 heterocycles. The van der Waals surface area contributed by atoms with E-state index in [0.717, 1.165) is 40.0 Å². The predicted octanol–water partition coefficient (Wildman–Crippen LogP) is 4.08. The first-order valence-electron chi connectivity index (χ1n) is 10.9. The zero-order chi connectivity index (χ0) is 23.2. The van der Waals surface area contributed by atoms with Crippen molar-refractivity contribution < 1.29 is 19.4 Å². The molecule has 172 valence electrons. The average molecular weight is 466 g/mol. The topological polar surface area (TPSA) is 93.5 Å². The number of aryl methyl sites for hydroxylation is 2. The van der Waals surface area contributed by atoms with E-state index in [1.165, 1.54) is 0 Å². The number of carbonyl (C=O) groups excluding carboxylic acids is 1. The van der Waals surface area contributed by atoms with Crippen LogP contribution in [0.5, 0.6) is 0 Å². The van der Waals surface area contributed by atoms with Crippen molar-refractivity contribution in [3.05, 3.63) is 77.6 Å². The van der Waals surface area contributed by atoms with Crippen molar-refractivity contribution in [3.63, 3.8) is 0 Å². The molecule has 0 fully saturated rings. The second-order valence-electron chi connectivity index (χ2n) is 8.03. The Kier molecular flexibility index (Phi) is 7.34. The molecule has 0 spiro atoms. The van der Waals surface area contributed by atoms with Crippen LogP contribution in [0, 0.1) is 0 Å². The number of nitrogens with zero attached hydrogens (tertiary/aromatic N) is 2. The smallest absolute Gasteiger partial charge is 0.407 e. The minimum absolute atomic E-state index is 0.0607. The summed E-state index contributed by atoms with van der Waals surface area (Å²) in [7, 11) is 1.88. The molecule has 33 heavy (non-hydrogen) atoms. The van der Waals surface area contributed by atoms with Crippen molar-refractivity contribution in [1.82, 2.24) is 15.1 Å². The van der Waals surface area contributed by atoms with E-state index < -0.39 is 18.1 Å². The van der Waals surface area contributed by atoms with E-state index in [1.54, 1.807) is 16.4 Å². The summed E-state index contributed by atoms with van der Waals surface area (Å²) >= 11 is 1.66. The molecule has 0 bridgehead atoms. The lowest BCUT2D eigenvalue weighted by Crippen LogP contribution is -2.41. The average Bonchev–Trinajstić information content (AvgIpc) is 3.37. The van der Waals surface area contributed by atoms with Gasteiger partial charge in [0.2, 0.25) is 0 Å². The number of fused-ring (bicyclic) bond motifs is 3. The molecule has 0 aliphatic heterocycles. The first-order chi connectivity index (χ1) is 16.0. The number of aliphatic carboxylic acids is 1. The Balaban J connectivity index is 1.26. The number of rotatable bonds is 10. The predicted molar refractivity (Wildman–Crippen MR) is 128 cm³/mol. The highest BCUT2D eigenvalue weighted by Crippen LogP contribution is 2.44. The van der Waals surface area contributed by atoms with Gasteiger partial charge in [-0.1, -0.05) is 48.5 Å². The summed E-state index contributed by atoms with van der Waals surface area (Å²) in [5.41, 5.74) is 5.68. The summed E-state index contributed by atoms with van der Waals surface area (Å²) < 4.78 is 7.24. The molecule has 1 aromatic heterocycles. The molecule has 1 aliphatic rings. The first kappa shape index (κ1) is 22.9. The molecule has 7 nitrogen and oxygen atoms in total. The third kappa shape index (κ3) is 5.57. The minimum Gasteiger partial charge on any atom is -0.480 e. The van der Waals surface area contributed by atoms with Gasteiger partial charge in [-0.05, 0) is 52.2 Å². The van der Waals surface area contributed by atoms with Crippen molar-refractivity contribution in [2.45, 2.75) is 24.8 Å². The highest BCUT2D eigenvalue weighted by Gasteiger charge is 2.29. The minimum atomic E-state index is -1.06. The van der Waals surface area contributed by atoms with Crippen LogP contribution in [-0.4, -0.2) is 51.1 Å². The Morgan fingerprint density at radius 3 is 2.39 bits per heavy atom. The number of alkyl carbamates (subject to hydrolysis) is 1. The molecular formula is C25H27N3O4S. The summed E-state index contributed by atoms with van der Waals surface area (Å²) in [6.45, 7) is 0.159. The van der Waals surface area contributed by atoms with E-state index >= 15 is 0 Å². The van der Waals surface area contributed by atoms with E-state index in [1.807, 2.05) is 55.8 Å². The van der Waals surface area contributed by atoms with Crippen molar-refractivity contribution in [2.24, 2.45) is 7.05 Å². The molecule has 0 radical (unpaired) electrons. The van der Waals surface area contributed by atoms with Gasteiger partial charge in [-0.25, -0.2) is 9.59 Å². The second-order valence-corrected chi connectivity index (χ2v) is 9.26. The van der Waals surface area contributed by atoms with Gasteiger partial charge in [0, 0.05) is 19.2 Å². The number of aromatic nitrogens is 2. The quantitative estimate of drug-likeness (QED) is 0.438. The molecule has 1 amide bonds. The molecule has 1 atom stereocenters. The van der Waals surface area contributed by atoms with Gasteiger partial charge in [0.05, 0.1) is 6.20 Å². The van der Waals surface area contributed by atoms with Gasteiger partial charge in [0.15, 0.2) is 0 Å². The fourth-order valence-electron chi connectivity index (χ4n) is 4.13. The SMILES string of the molecule is Cn1cc(CCSCCC(NC(=O)OCC2c3ccccc3-c3ccccc32)C(=O)O)cn1. The Labute approximate surface area is 197 Å². The summed E-state index contributed by atoms with van der Waals surface area (Å²) in [6.07, 6.45) is 4.30. The first-order valence-corrected chi connectivity index (χ1v) is 12.1. The Bertz CT molecular complexity index is 1080. The maximum atomic E-state index is 12.4. The summed E-state index contributed by atoms with van der Waals surface area (Å²) in [5, 5.41) is 16.2. The van der Waals surface area contributed by atoms with Crippen LogP contribution in [0.15, 0.2) is 60.9 Å². The van der Waals surface area contributed by atoms with Gasteiger partial charge in [0.1, 0.15) is 12.6 Å². The number of amides is 1. The lowest BCUT2D eigenvalue weighted by molar-refractivity contribution is -0.139. The van der Waals surface area contributed by atoms with Crippen LogP contribution in [0.2, 0.25) is 0 Å². The third-order valence-corrected chi connectivity index (χ3v) is 6.80. The molecule has 4 rings (SSSR count). The van der Waals surface area contributed by atoms with Crippen molar-refractivity contribution in [2.75, 3.05) is 18.1 Å². The van der Waals surface area contributed by atoms with Crippen LogP contribution in [-0.2, 0) is 23.0 Å². The number of benzene rings is 2. The number of carbonyl (C=O) groups is 2. The Hall–Kier alpha value is -3.26. The molecule has 3 aromatic rings. The largest absolute Gasteiger partial charge is 0.480 e. The van der Waals surface area contributed by atoms with Crippen LogP contribution in [0.1, 0.15) is 29.0 Å². The molecule has 2 N–H and O–H groups in total. The standard InChI is InChI=1S/C25H27N3O4S/c1-28-15-17(14-26-28)10-12-33-13-11-23(24(29)30)27-25(31)32-16-22-20-8-4-2-6-18(20)19-7-3-5-9-21(19)22/h2-9,14-15,22-23H,10-13,16H2,1H3,(H,27,31)(H,29,30). The van der Waals surface area contributed by atoms with E-state index in [2.05, 4.69) is 22.5 Å². The van der Waals surface area contributed by atoms with Crippen molar-refractivity contribution in [1.29, 1.82) is 0 Å². The van der Waals surface area contributed by atoms with Crippen LogP contribution in [0.25, 0.3) is 11.1 Å². The van der Waals surface area contributed by atoms with E-state index in [0.29, 0.717) is 12.2 Å². The molecule has 1 aliphatic carbocycles. The highest BCUT2D eigenvalue weighted by molar-refractivity contribution is 7.99. The lowest BCUT2D eigenvalue weighted by atomic mass is 9.98. The molecule has 0 saturated carbocycles. The van der Waals surface area contributed by atoms with Crippen LogP contribution >= 0.6 is 11.8 Å². The molecule has 2 aromatic carbocycles. The fourth-order valence-corrected chi connectivity index (χ4v) is 5.12. The van der Waals surface area contributed by atoms with Gasteiger partial charge in [-0.2, -0.15) is 16.9 Å². The number of hydrogen-bond acceptors (Lipinski definition) is 5. The second kappa shape index (κ2) is 10.6. The number of carboxylic acids is 1. The maximum Gasteiger partial charge on any atom is 0.407 e. The highest BCUT2D eigenvalue weighted by atomic mass is 32.2. The number of thioether (sulfide) groups is 1. The van der Waals surface area contributed by atoms with E-state index in [-0.39, 0.29) is 12.5 Å². The Morgan fingerprint density at radius 1 is 1.12 bits per heavy atom. The number of nitrogens with one attached hydrogen (secondary N) is 1. The zero-order valence-corrected chi connectivity index (χ0v) is 19.3. The molecule has 8 heteroatoms. The lowest BCUT2D eigenvalue weighted by Gasteiger charge is -2.17. The van der Waals surface area contributed by atoms with Gasteiger partial charge < -0.3 is 15.2 Å². The fraction of sp³-hybridized carbons (Fsp3) is 0.320. The monoisotopic (exact) mass is 465 g/mol. The Morgan fingerprint density at radius 2 is 1.79 bits per heavy atom.